The van der Waals surface area contributed by atoms with E-state index in [9.17, 15) is 14.7 Å². The number of rotatable bonds is 5. The van der Waals surface area contributed by atoms with Crippen LogP contribution in [0.15, 0.2) is 30.5 Å². The first-order chi connectivity index (χ1) is 16.5. The molecule has 1 aromatic carbocycles. The lowest BCUT2D eigenvalue weighted by molar-refractivity contribution is -0.141. The van der Waals surface area contributed by atoms with E-state index in [1.165, 1.54) is 29.3 Å². The van der Waals surface area contributed by atoms with Crippen molar-refractivity contribution in [2.24, 2.45) is 41.4 Å². The van der Waals surface area contributed by atoms with E-state index in [-0.39, 0.29) is 41.4 Å². The van der Waals surface area contributed by atoms with Gasteiger partial charge in [0.2, 0.25) is 11.8 Å². The van der Waals surface area contributed by atoms with Gasteiger partial charge in [-0.15, -0.1) is 0 Å². The second-order valence-corrected chi connectivity index (χ2v) is 11.9. The summed E-state index contributed by atoms with van der Waals surface area (Å²) in [6.45, 7) is 5.99. The maximum absolute atomic E-state index is 13.2. The maximum Gasteiger partial charge on any atom is 0.233 e. The number of amides is 2. The van der Waals surface area contributed by atoms with Crippen molar-refractivity contribution in [3.05, 3.63) is 36.0 Å². The van der Waals surface area contributed by atoms with E-state index >= 15 is 0 Å². The lowest BCUT2D eigenvalue weighted by atomic mass is 9.74. The number of H-pyrrole nitrogens is 1. The van der Waals surface area contributed by atoms with Gasteiger partial charge in [-0.3, -0.25) is 14.5 Å². The third-order valence-electron chi connectivity index (χ3n) is 10.2. The first kappa shape index (κ1) is 21.1. The molecule has 3 heterocycles. The van der Waals surface area contributed by atoms with Crippen molar-refractivity contribution in [2.75, 3.05) is 26.2 Å². The molecule has 0 spiro atoms. The highest BCUT2D eigenvalue weighted by atomic mass is 16.3. The molecule has 0 radical (unpaired) electrons. The minimum atomic E-state index is -0.413. The second kappa shape index (κ2) is 7.66. The minimum Gasteiger partial charge on any atom is -0.393 e. The zero-order chi connectivity index (χ0) is 23.1. The molecule has 8 atom stereocenters. The summed E-state index contributed by atoms with van der Waals surface area (Å²) in [6.07, 6.45) is 6.14. The molecule has 3 saturated carbocycles. The highest BCUT2D eigenvalue weighted by molar-refractivity contribution is 6.06. The number of fused-ring (bicyclic) bond motifs is 6. The van der Waals surface area contributed by atoms with Crippen LogP contribution in [0, 0.1) is 41.4 Å². The number of hydrogen-bond acceptors (Lipinski definition) is 4. The van der Waals surface area contributed by atoms with Crippen LogP contribution in [0.3, 0.4) is 0 Å². The third-order valence-corrected chi connectivity index (χ3v) is 10.2. The number of aromatic amines is 1. The number of carbonyl (C=O) groups is 2. The van der Waals surface area contributed by atoms with Gasteiger partial charge in [0.15, 0.2) is 0 Å². The highest BCUT2D eigenvalue weighted by Gasteiger charge is 2.66. The second-order valence-electron chi connectivity index (χ2n) is 11.9. The van der Waals surface area contributed by atoms with E-state index < -0.39 is 6.10 Å². The Morgan fingerprint density at radius 3 is 2.47 bits per heavy atom. The van der Waals surface area contributed by atoms with Crippen LogP contribution in [0.2, 0.25) is 0 Å². The van der Waals surface area contributed by atoms with Crippen LogP contribution in [0.5, 0.6) is 0 Å². The van der Waals surface area contributed by atoms with Gasteiger partial charge in [0.25, 0.3) is 0 Å². The molecule has 6 heteroatoms. The standard InChI is InChI=1S/C28H35N3O3/c1-15-20-11-21(26(15)32)25-24(20)27(33)31(28(25)34)14-18-10-17(18)13-30-8-6-16(7-9-30)22-12-29-23-5-3-2-4-19(22)23/h2-5,12,15-18,20-21,24-26,29,32H,6-11,13-14H2,1H3/t15?,17-,18-,20?,21?,24?,25?,26?/m1/s1. The van der Waals surface area contributed by atoms with E-state index in [0.29, 0.717) is 24.3 Å². The summed E-state index contributed by atoms with van der Waals surface area (Å²) < 4.78 is 0. The Morgan fingerprint density at radius 2 is 1.68 bits per heavy atom. The highest BCUT2D eigenvalue weighted by Crippen LogP contribution is 2.59. The molecule has 5 fully saturated rings. The summed E-state index contributed by atoms with van der Waals surface area (Å²) in [7, 11) is 0. The number of benzene rings is 1. The largest absolute Gasteiger partial charge is 0.393 e. The normalized spacial score (nSPS) is 40.0. The van der Waals surface area contributed by atoms with Gasteiger partial charge in [-0.1, -0.05) is 25.1 Å². The molecule has 2 aromatic rings. The Bertz CT molecular complexity index is 1100. The fourth-order valence-electron chi connectivity index (χ4n) is 8.18. The molecule has 2 saturated heterocycles. The monoisotopic (exact) mass is 461 g/mol. The fourth-order valence-corrected chi connectivity index (χ4v) is 8.18. The van der Waals surface area contributed by atoms with Gasteiger partial charge in [0.05, 0.1) is 17.9 Å². The van der Waals surface area contributed by atoms with Crippen molar-refractivity contribution >= 4 is 22.7 Å². The van der Waals surface area contributed by atoms with Gasteiger partial charge < -0.3 is 15.0 Å². The van der Waals surface area contributed by atoms with Crippen molar-refractivity contribution in [1.29, 1.82) is 0 Å². The SMILES string of the molecule is CC1C(O)C2CC1C1C(=O)N(C[C@H]3C[C@@H]3CN3CCC(c4c[nH]c5ccccc45)CC3)C(=O)C21. The summed E-state index contributed by atoms with van der Waals surface area (Å²) in [4.78, 5) is 33.9. The Labute approximate surface area is 200 Å². The summed E-state index contributed by atoms with van der Waals surface area (Å²) in [5.41, 5.74) is 2.69. The van der Waals surface area contributed by atoms with Crippen LogP contribution >= 0.6 is 0 Å². The molecule has 2 bridgehead atoms. The van der Waals surface area contributed by atoms with Gasteiger partial charge in [0.1, 0.15) is 0 Å². The number of nitrogens with zero attached hydrogens (tertiary/aromatic N) is 2. The molecule has 7 rings (SSSR count). The maximum atomic E-state index is 13.2. The van der Waals surface area contributed by atoms with Crippen LogP contribution < -0.4 is 0 Å². The fraction of sp³-hybridized carbons (Fsp3) is 0.643. The number of aromatic nitrogens is 1. The predicted octanol–water partition coefficient (Wildman–Crippen LogP) is 3.23. The number of imide groups is 1. The third kappa shape index (κ3) is 3.07. The van der Waals surface area contributed by atoms with Gasteiger partial charge in [0, 0.05) is 30.2 Å². The van der Waals surface area contributed by atoms with Gasteiger partial charge >= 0.3 is 0 Å². The molecule has 6 nitrogen and oxygen atoms in total. The van der Waals surface area contributed by atoms with E-state index in [1.54, 1.807) is 4.90 Å². The number of carbonyl (C=O) groups excluding carboxylic acids is 2. The summed E-state index contributed by atoms with van der Waals surface area (Å²) >= 11 is 0. The molecule has 180 valence electrons. The number of hydrogen-bond donors (Lipinski definition) is 2. The van der Waals surface area contributed by atoms with Crippen molar-refractivity contribution in [3.63, 3.8) is 0 Å². The summed E-state index contributed by atoms with van der Waals surface area (Å²) in [5, 5.41) is 11.8. The molecule has 2 amide bonds. The molecule has 1 aromatic heterocycles. The minimum absolute atomic E-state index is 0.0000989. The smallest absolute Gasteiger partial charge is 0.233 e. The summed E-state index contributed by atoms with van der Waals surface area (Å²) in [6, 6.07) is 8.58. The van der Waals surface area contributed by atoms with Crippen molar-refractivity contribution in [1.82, 2.24) is 14.8 Å². The van der Waals surface area contributed by atoms with E-state index in [0.717, 1.165) is 32.5 Å². The predicted molar refractivity (Wildman–Crippen MR) is 129 cm³/mol. The average molecular weight is 462 g/mol. The van der Waals surface area contributed by atoms with Crippen LogP contribution in [-0.4, -0.2) is 64.0 Å². The van der Waals surface area contributed by atoms with Crippen LogP contribution in [0.1, 0.15) is 44.1 Å². The number of aliphatic hydroxyl groups is 1. The first-order valence-corrected chi connectivity index (χ1v) is 13.3. The van der Waals surface area contributed by atoms with Crippen molar-refractivity contribution in [2.45, 2.75) is 44.6 Å². The molecule has 34 heavy (non-hydrogen) atoms. The first-order valence-electron chi connectivity index (χ1n) is 13.3. The molecule has 6 unspecified atom stereocenters. The quantitative estimate of drug-likeness (QED) is 0.671. The molecule has 3 aliphatic carbocycles. The zero-order valence-corrected chi connectivity index (χ0v) is 19.9. The van der Waals surface area contributed by atoms with E-state index in [1.807, 2.05) is 6.92 Å². The topological polar surface area (TPSA) is 76.6 Å². The lowest BCUT2D eigenvalue weighted by Gasteiger charge is -2.32. The Kier molecular flexibility index (Phi) is 4.76. The van der Waals surface area contributed by atoms with Crippen molar-refractivity contribution in [3.8, 4) is 0 Å². The molecular weight excluding hydrogens is 426 g/mol. The molecular formula is C28H35N3O3. The zero-order valence-electron chi connectivity index (χ0n) is 19.9. The number of para-hydroxylation sites is 1. The summed E-state index contributed by atoms with van der Waals surface area (Å²) in [5.74, 6) is 1.69. The molecule has 2 aliphatic heterocycles. The van der Waals surface area contributed by atoms with Crippen LogP contribution in [0.4, 0.5) is 0 Å². The molecule has 2 N–H and O–H groups in total. The Balaban J connectivity index is 0.932. The molecule has 5 aliphatic rings. The average Bonchev–Trinajstić information content (AvgIpc) is 3.14. The van der Waals surface area contributed by atoms with E-state index in [2.05, 4.69) is 40.3 Å². The van der Waals surface area contributed by atoms with Crippen molar-refractivity contribution < 1.29 is 14.7 Å². The van der Waals surface area contributed by atoms with Gasteiger partial charge in [-0.05, 0) is 85.9 Å². The van der Waals surface area contributed by atoms with E-state index in [4.69, 9.17) is 0 Å². The number of nitrogens with one attached hydrogen (secondary N) is 1. The number of piperidine rings is 1. The Morgan fingerprint density at radius 1 is 0.971 bits per heavy atom. The lowest BCUT2D eigenvalue weighted by Crippen LogP contribution is -2.38. The van der Waals surface area contributed by atoms with Gasteiger partial charge in [-0.25, -0.2) is 0 Å². The van der Waals surface area contributed by atoms with Crippen LogP contribution in [-0.2, 0) is 9.59 Å². The van der Waals surface area contributed by atoms with Crippen LogP contribution in [0.25, 0.3) is 10.9 Å². The van der Waals surface area contributed by atoms with Gasteiger partial charge in [-0.2, -0.15) is 0 Å². The Hall–Kier alpha value is -2.18. The number of likely N-dealkylation sites (tertiary alicyclic amines) is 2. The number of aliphatic hydroxyl groups excluding tert-OH is 1.